The van der Waals surface area contributed by atoms with Gasteiger partial charge in [-0.3, -0.25) is 0 Å². The fraction of sp³-hybridized carbons (Fsp3) is 0.364. The van der Waals surface area contributed by atoms with E-state index in [4.69, 9.17) is 21.1 Å². The highest BCUT2D eigenvalue weighted by Crippen LogP contribution is 2.14. The molecule has 5 nitrogen and oxygen atoms in total. The van der Waals surface area contributed by atoms with Gasteiger partial charge in [0.05, 0.1) is 6.61 Å². The van der Waals surface area contributed by atoms with Crippen LogP contribution in [0, 0.1) is 0 Å². The number of rotatable bonds is 6. The minimum absolute atomic E-state index is 0.0977. The molecule has 2 amide bonds. The van der Waals surface area contributed by atoms with Crippen molar-refractivity contribution >= 4 is 17.6 Å². The molecule has 1 aromatic rings. The van der Waals surface area contributed by atoms with Crippen LogP contribution < -0.4 is 15.4 Å². The Morgan fingerprint density at radius 1 is 1.29 bits per heavy atom. The second-order valence-electron chi connectivity index (χ2n) is 3.17. The van der Waals surface area contributed by atoms with Crippen molar-refractivity contribution < 1.29 is 14.3 Å². The zero-order chi connectivity index (χ0) is 12.5. The maximum atomic E-state index is 11.2. The average molecular weight is 259 g/mol. The Hall–Kier alpha value is -1.46. The van der Waals surface area contributed by atoms with Gasteiger partial charge in [-0.05, 0) is 24.3 Å². The fourth-order valence-corrected chi connectivity index (χ4v) is 1.17. The number of carbonyl (C=O) groups is 1. The number of amides is 2. The van der Waals surface area contributed by atoms with Crippen LogP contribution in [-0.2, 0) is 4.74 Å². The van der Waals surface area contributed by atoms with E-state index in [-0.39, 0.29) is 12.8 Å². The Balaban J connectivity index is 2.14. The summed E-state index contributed by atoms with van der Waals surface area (Å²) in [5, 5.41) is 5.79. The zero-order valence-electron chi connectivity index (χ0n) is 9.53. The maximum Gasteiger partial charge on any atom is 0.317 e. The van der Waals surface area contributed by atoms with E-state index in [9.17, 15) is 4.79 Å². The second-order valence-corrected chi connectivity index (χ2v) is 3.60. The molecule has 6 heteroatoms. The van der Waals surface area contributed by atoms with Crippen LogP contribution in [0.25, 0.3) is 0 Å². The third kappa shape index (κ3) is 5.99. The van der Waals surface area contributed by atoms with Gasteiger partial charge in [-0.15, -0.1) is 0 Å². The number of carbonyl (C=O) groups excluding carboxylic acids is 1. The van der Waals surface area contributed by atoms with Crippen LogP contribution in [0.15, 0.2) is 24.3 Å². The van der Waals surface area contributed by atoms with Crippen molar-refractivity contribution in [3.05, 3.63) is 29.3 Å². The Morgan fingerprint density at radius 2 is 2.00 bits per heavy atom. The summed E-state index contributed by atoms with van der Waals surface area (Å²) in [5.41, 5.74) is 0. The van der Waals surface area contributed by atoms with Crippen molar-refractivity contribution in [3.8, 4) is 5.75 Å². The highest BCUT2D eigenvalue weighted by molar-refractivity contribution is 6.30. The van der Waals surface area contributed by atoms with E-state index in [1.54, 1.807) is 31.4 Å². The van der Waals surface area contributed by atoms with Crippen molar-refractivity contribution in [2.24, 2.45) is 0 Å². The van der Waals surface area contributed by atoms with Crippen molar-refractivity contribution in [3.63, 3.8) is 0 Å². The molecule has 0 radical (unpaired) electrons. The first-order valence-electron chi connectivity index (χ1n) is 5.11. The number of ether oxygens (including phenoxy) is 2. The van der Waals surface area contributed by atoms with E-state index in [0.717, 1.165) is 0 Å². The molecular formula is C11H15ClN2O3. The Morgan fingerprint density at radius 3 is 2.65 bits per heavy atom. The van der Waals surface area contributed by atoms with Crippen LogP contribution in [0.1, 0.15) is 0 Å². The summed E-state index contributed by atoms with van der Waals surface area (Å²) < 4.78 is 10.1. The molecule has 0 spiro atoms. The van der Waals surface area contributed by atoms with E-state index in [2.05, 4.69) is 10.6 Å². The van der Waals surface area contributed by atoms with Gasteiger partial charge in [0, 0.05) is 18.7 Å². The fourth-order valence-electron chi connectivity index (χ4n) is 1.04. The van der Waals surface area contributed by atoms with Gasteiger partial charge >= 0.3 is 6.03 Å². The molecule has 1 aromatic carbocycles. The molecule has 1 rings (SSSR count). The smallest absolute Gasteiger partial charge is 0.317 e. The molecule has 2 N–H and O–H groups in total. The summed E-state index contributed by atoms with van der Waals surface area (Å²) in [4.78, 5) is 11.2. The summed E-state index contributed by atoms with van der Waals surface area (Å²) in [7, 11) is 1.57. The van der Waals surface area contributed by atoms with Crippen LogP contribution >= 0.6 is 11.6 Å². The maximum absolute atomic E-state index is 11.2. The highest BCUT2D eigenvalue weighted by Gasteiger charge is 1.98. The van der Waals surface area contributed by atoms with Gasteiger partial charge in [0.15, 0.2) is 6.73 Å². The Labute approximate surface area is 105 Å². The van der Waals surface area contributed by atoms with Gasteiger partial charge in [-0.1, -0.05) is 11.6 Å². The second kappa shape index (κ2) is 7.76. The number of nitrogens with one attached hydrogen (secondary N) is 2. The topological polar surface area (TPSA) is 59.6 Å². The Kier molecular flexibility index (Phi) is 6.21. The number of halogens is 1. The zero-order valence-corrected chi connectivity index (χ0v) is 10.3. The number of hydrogen-bond donors (Lipinski definition) is 2. The number of methoxy groups -OCH3 is 1. The van der Waals surface area contributed by atoms with Crippen LogP contribution in [0.5, 0.6) is 5.75 Å². The third-order valence-corrected chi connectivity index (χ3v) is 2.13. The Bertz CT molecular complexity index is 343. The van der Waals surface area contributed by atoms with E-state index < -0.39 is 0 Å². The van der Waals surface area contributed by atoms with E-state index in [1.165, 1.54) is 0 Å². The van der Waals surface area contributed by atoms with Crippen LogP contribution in [0.4, 0.5) is 4.79 Å². The minimum atomic E-state index is -0.295. The number of urea groups is 1. The van der Waals surface area contributed by atoms with Gasteiger partial charge in [-0.2, -0.15) is 0 Å². The van der Waals surface area contributed by atoms with Crippen molar-refractivity contribution in [2.45, 2.75) is 0 Å². The molecule has 0 heterocycles. The van der Waals surface area contributed by atoms with E-state index >= 15 is 0 Å². The molecule has 0 aromatic heterocycles. The lowest BCUT2D eigenvalue weighted by molar-refractivity contribution is 0.192. The third-order valence-electron chi connectivity index (χ3n) is 1.88. The quantitative estimate of drug-likeness (QED) is 0.602. The minimum Gasteiger partial charge on any atom is -0.473 e. The predicted molar refractivity (Wildman–Crippen MR) is 65.4 cm³/mol. The molecule has 0 atom stereocenters. The normalized spacial score (nSPS) is 9.76. The van der Waals surface area contributed by atoms with Gasteiger partial charge in [0.25, 0.3) is 0 Å². The lowest BCUT2D eigenvalue weighted by Gasteiger charge is -2.09. The summed E-state index contributed by atoms with van der Waals surface area (Å²) in [6.07, 6.45) is 0. The molecule has 0 aliphatic heterocycles. The van der Waals surface area contributed by atoms with Crippen LogP contribution in [0.3, 0.4) is 0 Å². The molecule has 0 fully saturated rings. The lowest BCUT2D eigenvalue weighted by atomic mass is 10.3. The summed E-state index contributed by atoms with van der Waals surface area (Å²) >= 11 is 5.72. The molecule has 94 valence electrons. The van der Waals surface area contributed by atoms with Crippen molar-refractivity contribution in [1.29, 1.82) is 0 Å². The summed E-state index contributed by atoms with van der Waals surface area (Å²) in [6, 6.07) is 6.60. The largest absolute Gasteiger partial charge is 0.473 e. The summed E-state index contributed by atoms with van der Waals surface area (Å²) in [6.45, 7) is 1.04. The van der Waals surface area contributed by atoms with Gasteiger partial charge in [-0.25, -0.2) is 4.79 Å². The molecule has 0 aliphatic carbocycles. The average Bonchev–Trinajstić information content (AvgIpc) is 2.32. The van der Waals surface area contributed by atoms with Crippen LogP contribution in [0.2, 0.25) is 5.02 Å². The molecule has 0 bridgehead atoms. The number of benzene rings is 1. The first-order valence-corrected chi connectivity index (χ1v) is 5.49. The monoisotopic (exact) mass is 258 g/mol. The van der Waals surface area contributed by atoms with Crippen molar-refractivity contribution in [2.75, 3.05) is 27.0 Å². The molecular weight excluding hydrogens is 244 g/mol. The number of hydrogen-bond acceptors (Lipinski definition) is 3. The SMILES string of the molecule is COCCNC(=O)NCOc1ccc(Cl)cc1. The molecule has 0 aliphatic rings. The molecule has 0 unspecified atom stereocenters. The first kappa shape index (κ1) is 13.6. The van der Waals surface area contributed by atoms with Gasteiger partial charge < -0.3 is 20.1 Å². The lowest BCUT2D eigenvalue weighted by Crippen LogP contribution is -2.39. The molecule has 0 saturated heterocycles. The molecule has 0 saturated carbocycles. The first-order chi connectivity index (χ1) is 8.22. The summed E-state index contributed by atoms with van der Waals surface area (Å²) in [5.74, 6) is 0.645. The van der Waals surface area contributed by atoms with Gasteiger partial charge in [0.1, 0.15) is 5.75 Å². The van der Waals surface area contributed by atoms with E-state index in [0.29, 0.717) is 23.9 Å². The standard InChI is InChI=1S/C11H15ClN2O3/c1-16-7-6-13-11(15)14-8-17-10-4-2-9(12)3-5-10/h2-5H,6-8H2,1H3,(H2,13,14,15). The van der Waals surface area contributed by atoms with Crippen LogP contribution in [-0.4, -0.2) is 33.0 Å². The highest BCUT2D eigenvalue weighted by atomic mass is 35.5. The van der Waals surface area contributed by atoms with E-state index in [1.807, 2.05) is 0 Å². The predicted octanol–water partition coefficient (Wildman–Crippen LogP) is 1.62. The molecule has 17 heavy (non-hydrogen) atoms. The van der Waals surface area contributed by atoms with Crippen molar-refractivity contribution in [1.82, 2.24) is 10.6 Å². The van der Waals surface area contributed by atoms with Gasteiger partial charge in [0.2, 0.25) is 0 Å².